The number of halogens is 2. The average Bonchev–Trinajstić information content (AvgIpc) is 2.92. The second-order valence-corrected chi connectivity index (χ2v) is 6.04. The largest absolute Gasteiger partial charge is 0.402 e. The third-order valence-electron chi connectivity index (χ3n) is 3.47. The predicted octanol–water partition coefficient (Wildman–Crippen LogP) is 4.55. The van der Waals surface area contributed by atoms with Crippen molar-refractivity contribution in [2.45, 2.75) is 6.92 Å². The lowest BCUT2D eigenvalue weighted by Crippen LogP contribution is -2.08. The molecule has 1 heterocycles. The van der Waals surface area contributed by atoms with Gasteiger partial charge >= 0.3 is 5.97 Å². The molecular formula is C17H10Cl2N2O4. The third kappa shape index (κ3) is 3.40. The average molecular weight is 377 g/mol. The molecule has 0 bridgehead atoms. The number of nitro groups is 1. The van der Waals surface area contributed by atoms with E-state index >= 15 is 0 Å². The molecule has 0 saturated heterocycles. The summed E-state index contributed by atoms with van der Waals surface area (Å²) < 4.78 is 5.11. The van der Waals surface area contributed by atoms with Gasteiger partial charge in [0.25, 0.3) is 5.69 Å². The molecule has 0 radical (unpaired) electrons. The molecule has 0 N–H and O–H groups in total. The number of ether oxygens (including phenoxy) is 1. The first-order chi connectivity index (χ1) is 11.9. The summed E-state index contributed by atoms with van der Waals surface area (Å²) in [5, 5.41) is 11.8. The normalized spacial score (nSPS) is 15.2. The second kappa shape index (κ2) is 6.66. The molecular weight excluding hydrogens is 367 g/mol. The number of rotatable bonds is 3. The maximum Gasteiger partial charge on any atom is 0.363 e. The highest BCUT2D eigenvalue weighted by Crippen LogP contribution is 2.30. The van der Waals surface area contributed by atoms with Gasteiger partial charge in [0, 0.05) is 6.07 Å². The number of aryl methyl sites for hydroxylation is 1. The molecule has 25 heavy (non-hydrogen) atoms. The highest BCUT2D eigenvalue weighted by atomic mass is 35.5. The molecule has 2 aromatic carbocycles. The van der Waals surface area contributed by atoms with Gasteiger partial charge in [-0.1, -0.05) is 41.4 Å². The summed E-state index contributed by atoms with van der Waals surface area (Å²) in [4.78, 5) is 26.8. The van der Waals surface area contributed by atoms with Gasteiger partial charge in [-0.15, -0.1) is 0 Å². The van der Waals surface area contributed by atoms with Crippen LogP contribution in [0.3, 0.4) is 0 Å². The summed E-state index contributed by atoms with van der Waals surface area (Å²) in [5.41, 5.74) is 1.19. The number of hydrogen-bond donors (Lipinski definition) is 0. The second-order valence-electron chi connectivity index (χ2n) is 5.26. The Bertz CT molecular complexity index is 967. The summed E-state index contributed by atoms with van der Waals surface area (Å²) in [6.07, 6.45) is 1.42. The van der Waals surface area contributed by atoms with Crippen molar-refractivity contribution in [3.05, 3.63) is 78.9 Å². The van der Waals surface area contributed by atoms with E-state index in [1.165, 1.54) is 12.1 Å². The highest BCUT2D eigenvalue weighted by molar-refractivity contribution is 6.43. The van der Waals surface area contributed by atoms with Crippen molar-refractivity contribution in [3.8, 4) is 0 Å². The van der Waals surface area contributed by atoms with Crippen molar-refractivity contribution in [2.24, 2.45) is 4.99 Å². The molecule has 0 unspecified atom stereocenters. The van der Waals surface area contributed by atoms with Gasteiger partial charge in [-0.25, -0.2) is 9.79 Å². The number of nitro benzene ring substituents is 1. The summed E-state index contributed by atoms with van der Waals surface area (Å²) in [7, 11) is 0. The number of hydrogen-bond acceptors (Lipinski definition) is 5. The van der Waals surface area contributed by atoms with Crippen LogP contribution < -0.4 is 0 Å². The van der Waals surface area contributed by atoms with Crippen LogP contribution in [-0.4, -0.2) is 16.8 Å². The minimum atomic E-state index is -0.721. The number of carbonyl (C=O) groups is 1. The summed E-state index contributed by atoms with van der Waals surface area (Å²) in [6.45, 7) is 1.77. The molecule has 0 aliphatic carbocycles. The number of carbonyl (C=O) groups excluding carboxylic acids is 1. The molecule has 1 aliphatic rings. The molecule has 126 valence electrons. The maximum absolute atomic E-state index is 12.1. The van der Waals surface area contributed by atoms with Gasteiger partial charge < -0.3 is 4.74 Å². The van der Waals surface area contributed by atoms with Crippen molar-refractivity contribution < 1.29 is 14.5 Å². The molecule has 0 atom stereocenters. The zero-order valence-electron chi connectivity index (χ0n) is 12.8. The van der Waals surface area contributed by atoms with E-state index in [0.717, 1.165) is 5.56 Å². The third-order valence-corrected chi connectivity index (χ3v) is 4.31. The fourth-order valence-corrected chi connectivity index (χ4v) is 2.65. The van der Waals surface area contributed by atoms with E-state index in [1.54, 1.807) is 37.3 Å². The smallest absolute Gasteiger partial charge is 0.363 e. The zero-order chi connectivity index (χ0) is 18.1. The molecule has 0 aromatic heterocycles. The van der Waals surface area contributed by atoms with Gasteiger partial charge in [-0.05, 0) is 36.3 Å². The van der Waals surface area contributed by atoms with E-state index in [2.05, 4.69) is 4.99 Å². The summed E-state index contributed by atoms with van der Waals surface area (Å²) in [5.74, 6) is -0.841. The predicted molar refractivity (Wildman–Crippen MR) is 94.9 cm³/mol. The van der Waals surface area contributed by atoms with E-state index < -0.39 is 10.9 Å². The first kappa shape index (κ1) is 17.1. The first-order valence-corrected chi connectivity index (χ1v) is 7.84. The first-order valence-electron chi connectivity index (χ1n) is 7.09. The van der Waals surface area contributed by atoms with Gasteiger partial charge in [0.15, 0.2) is 5.70 Å². The summed E-state index contributed by atoms with van der Waals surface area (Å²) in [6, 6.07) is 9.44. The number of benzene rings is 2. The molecule has 3 rings (SSSR count). The zero-order valence-corrected chi connectivity index (χ0v) is 14.3. The summed E-state index contributed by atoms with van der Waals surface area (Å²) >= 11 is 12.0. The molecule has 0 spiro atoms. The lowest BCUT2D eigenvalue weighted by atomic mass is 10.1. The van der Waals surface area contributed by atoms with Gasteiger partial charge in [0.05, 0.1) is 15.0 Å². The van der Waals surface area contributed by atoms with Crippen molar-refractivity contribution in [3.63, 3.8) is 0 Å². The van der Waals surface area contributed by atoms with Gasteiger partial charge in [-0.3, -0.25) is 10.1 Å². The SMILES string of the molecule is Cc1ccc([N+](=O)[O-])c(C2=N/C(=C/c3cccc(Cl)c3Cl)C(=O)O2)c1. The minimum Gasteiger partial charge on any atom is -0.402 e. The Kier molecular flexibility index (Phi) is 4.57. The number of aliphatic imine (C=N–C) groups is 1. The van der Waals surface area contributed by atoms with Crippen LogP contribution in [0.5, 0.6) is 0 Å². The van der Waals surface area contributed by atoms with E-state index in [0.29, 0.717) is 10.6 Å². The Morgan fingerprint density at radius 2 is 2.00 bits per heavy atom. The molecule has 8 heteroatoms. The van der Waals surface area contributed by atoms with Gasteiger partial charge in [0.1, 0.15) is 5.56 Å². The topological polar surface area (TPSA) is 81.8 Å². The van der Waals surface area contributed by atoms with Crippen LogP contribution in [0.25, 0.3) is 6.08 Å². The van der Waals surface area contributed by atoms with Crippen LogP contribution in [0.15, 0.2) is 47.1 Å². The Morgan fingerprint density at radius 1 is 1.24 bits per heavy atom. The molecule has 0 saturated carbocycles. The molecule has 6 nitrogen and oxygen atoms in total. The molecule has 2 aromatic rings. The Hall–Kier alpha value is -2.70. The number of esters is 1. The molecule has 0 amide bonds. The fourth-order valence-electron chi connectivity index (χ4n) is 2.28. The highest BCUT2D eigenvalue weighted by Gasteiger charge is 2.29. The minimum absolute atomic E-state index is 0.0185. The van der Waals surface area contributed by atoms with E-state index in [-0.39, 0.29) is 27.9 Å². The van der Waals surface area contributed by atoms with E-state index in [9.17, 15) is 14.9 Å². The van der Waals surface area contributed by atoms with Crippen molar-refractivity contribution in [1.82, 2.24) is 0 Å². The van der Waals surface area contributed by atoms with E-state index in [4.69, 9.17) is 27.9 Å². The van der Waals surface area contributed by atoms with Crippen molar-refractivity contribution >= 4 is 46.8 Å². The fraction of sp³-hybridized carbons (Fsp3) is 0.0588. The van der Waals surface area contributed by atoms with Crippen LogP contribution in [0, 0.1) is 17.0 Å². The van der Waals surface area contributed by atoms with Crippen LogP contribution in [0.1, 0.15) is 16.7 Å². The van der Waals surface area contributed by atoms with Crippen LogP contribution in [0.2, 0.25) is 10.0 Å². The van der Waals surface area contributed by atoms with Gasteiger partial charge in [-0.2, -0.15) is 0 Å². The lowest BCUT2D eigenvalue weighted by molar-refractivity contribution is -0.385. The van der Waals surface area contributed by atoms with Crippen LogP contribution >= 0.6 is 23.2 Å². The Balaban J connectivity index is 2.07. The van der Waals surface area contributed by atoms with Gasteiger partial charge in [0.2, 0.25) is 5.90 Å². The van der Waals surface area contributed by atoms with Crippen molar-refractivity contribution in [2.75, 3.05) is 0 Å². The molecule has 1 aliphatic heterocycles. The van der Waals surface area contributed by atoms with Crippen LogP contribution in [-0.2, 0) is 9.53 Å². The molecule has 0 fully saturated rings. The quantitative estimate of drug-likeness (QED) is 0.340. The standard InChI is InChI=1S/C17H10Cl2N2O4/c1-9-5-6-14(21(23)24)11(7-9)16-20-13(17(22)25-16)8-10-3-2-4-12(18)15(10)19/h2-8H,1H3/b13-8+. The monoisotopic (exact) mass is 376 g/mol. The van der Waals surface area contributed by atoms with E-state index in [1.807, 2.05) is 0 Å². The Morgan fingerprint density at radius 3 is 2.72 bits per heavy atom. The Labute approximate surface area is 152 Å². The number of cyclic esters (lactones) is 1. The lowest BCUT2D eigenvalue weighted by Gasteiger charge is -2.02. The maximum atomic E-state index is 12.1. The van der Waals surface area contributed by atoms with Crippen molar-refractivity contribution in [1.29, 1.82) is 0 Å². The van der Waals surface area contributed by atoms with Crippen LogP contribution in [0.4, 0.5) is 5.69 Å². The number of nitrogens with zero attached hydrogens (tertiary/aromatic N) is 2.